The maximum Gasteiger partial charge on any atom is 0.257 e. The van der Waals surface area contributed by atoms with Crippen LogP contribution in [0.4, 0.5) is 0 Å². The molecule has 0 heterocycles. The van der Waals surface area contributed by atoms with Crippen molar-refractivity contribution in [2.75, 3.05) is 0 Å². The predicted molar refractivity (Wildman–Crippen MR) is 38.0 cm³/mol. The molecule has 0 aliphatic rings. The third-order valence-corrected chi connectivity index (χ3v) is 1.10. The van der Waals surface area contributed by atoms with Crippen molar-refractivity contribution < 1.29 is 4.79 Å². The number of carbonyl (C=O) groups excluding carboxylic acids is 1. The lowest BCUT2D eigenvalue weighted by atomic mass is 9.96. The van der Waals surface area contributed by atoms with Gasteiger partial charge in [-0.15, -0.1) is 0 Å². The summed E-state index contributed by atoms with van der Waals surface area (Å²) in [5, 5.41) is 0. The van der Waals surface area contributed by atoms with Gasteiger partial charge in [0, 0.05) is 29.0 Å². The molecule has 0 aromatic rings. The molecular weight excluding hydrogens is 161 g/mol. The summed E-state index contributed by atoms with van der Waals surface area (Å²) in [6.07, 6.45) is 0. The highest BCUT2D eigenvalue weighted by Crippen LogP contribution is 2.19. The molecule has 0 fully saturated rings. The van der Waals surface area contributed by atoms with Gasteiger partial charge in [0.15, 0.2) is 0 Å². The number of halogens is 2. The van der Waals surface area contributed by atoms with Crippen LogP contribution < -0.4 is 0 Å². The number of hydrogen-bond donors (Lipinski definition) is 0. The molecule has 0 aliphatic heterocycles. The van der Waals surface area contributed by atoms with Crippen LogP contribution in [0.1, 0.15) is 20.8 Å². The van der Waals surface area contributed by atoms with E-state index in [1.54, 1.807) is 20.8 Å². The maximum atomic E-state index is 10.8. The van der Waals surface area contributed by atoms with Gasteiger partial charge in [0.05, 0.1) is 0 Å². The van der Waals surface area contributed by atoms with E-state index in [1.807, 2.05) is 0 Å². The molecule has 0 N–H and O–H groups in total. The first kappa shape index (κ1) is 9.05. The molecule has 0 radical (unpaired) electrons. The zero-order valence-corrected chi connectivity index (χ0v) is 7.12. The molecule has 1 amide bonds. The molecule has 0 saturated carbocycles. The molecular formula is C5H9Cl2NO. The highest BCUT2D eigenvalue weighted by Gasteiger charge is 2.25. The Hall–Kier alpha value is 0.0500. The lowest BCUT2D eigenvalue weighted by Gasteiger charge is -2.17. The van der Waals surface area contributed by atoms with Crippen LogP contribution in [-0.4, -0.2) is 9.85 Å². The van der Waals surface area contributed by atoms with Crippen LogP contribution in [0.2, 0.25) is 0 Å². The Balaban J connectivity index is 4.06. The minimum atomic E-state index is -0.497. The van der Waals surface area contributed by atoms with Crippen LogP contribution in [0.5, 0.6) is 0 Å². The Morgan fingerprint density at radius 1 is 1.33 bits per heavy atom. The third-order valence-electron chi connectivity index (χ3n) is 0.795. The van der Waals surface area contributed by atoms with E-state index >= 15 is 0 Å². The predicted octanol–water partition coefficient (Wildman–Crippen LogP) is 2.17. The SMILES string of the molecule is CC(C)(C)C(=O)N(Cl)Cl. The zero-order chi connectivity index (χ0) is 7.65. The minimum absolute atomic E-state index is 0.300. The van der Waals surface area contributed by atoms with Crippen LogP contribution >= 0.6 is 23.6 Å². The van der Waals surface area contributed by atoms with Gasteiger partial charge in [0.25, 0.3) is 5.91 Å². The fourth-order valence-corrected chi connectivity index (χ4v) is 0.761. The van der Waals surface area contributed by atoms with Crippen LogP contribution in [-0.2, 0) is 4.79 Å². The van der Waals surface area contributed by atoms with Crippen molar-refractivity contribution in [3.63, 3.8) is 0 Å². The molecule has 2 nitrogen and oxygen atoms in total. The van der Waals surface area contributed by atoms with Crippen molar-refractivity contribution in [2.45, 2.75) is 20.8 Å². The van der Waals surface area contributed by atoms with E-state index in [4.69, 9.17) is 23.6 Å². The summed E-state index contributed by atoms with van der Waals surface area (Å²) < 4.78 is 0.556. The van der Waals surface area contributed by atoms with E-state index in [0.717, 1.165) is 0 Å². The standard InChI is InChI=1S/C5H9Cl2NO/c1-5(2,3)4(9)8(6)7/h1-3H3. The topological polar surface area (TPSA) is 20.3 Å². The van der Waals surface area contributed by atoms with Gasteiger partial charge in [-0.25, -0.2) is 0 Å². The Morgan fingerprint density at radius 3 is 1.67 bits per heavy atom. The number of nitrogens with zero attached hydrogens (tertiary/aromatic N) is 1. The van der Waals surface area contributed by atoms with Gasteiger partial charge in [0.2, 0.25) is 0 Å². The molecule has 0 aromatic heterocycles. The van der Waals surface area contributed by atoms with E-state index in [-0.39, 0.29) is 5.91 Å². The monoisotopic (exact) mass is 169 g/mol. The molecule has 0 aliphatic carbocycles. The van der Waals surface area contributed by atoms with Crippen molar-refractivity contribution in [1.82, 2.24) is 3.94 Å². The van der Waals surface area contributed by atoms with Gasteiger partial charge in [-0.05, 0) is 0 Å². The Morgan fingerprint density at radius 2 is 1.67 bits per heavy atom. The first-order chi connectivity index (χ1) is 3.85. The molecule has 0 saturated heterocycles. The quantitative estimate of drug-likeness (QED) is 0.510. The number of carbonyl (C=O) groups is 1. The highest BCUT2D eigenvalue weighted by atomic mass is 35.5. The van der Waals surface area contributed by atoms with Crippen LogP contribution in [0, 0.1) is 5.41 Å². The van der Waals surface area contributed by atoms with Gasteiger partial charge in [-0.3, -0.25) is 4.79 Å². The smallest absolute Gasteiger partial charge is 0.257 e. The Labute approximate surface area is 65.0 Å². The number of rotatable bonds is 0. The lowest BCUT2D eigenvalue weighted by molar-refractivity contribution is -0.131. The zero-order valence-electron chi connectivity index (χ0n) is 5.61. The first-order valence-corrected chi connectivity index (χ1v) is 3.19. The summed E-state index contributed by atoms with van der Waals surface area (Å²) in [6.45, 7) is 5.23. The lowest BCUT2D eigenvalue weighted by Crippen LogP contribution is -2.27. The molecule has 0 rings (SSSR count). The second-order valence-electron chi connectivity index (χ2n) is 2.79. The molecule has 0 atom stereocenters. The van der Waals surface area contributed by atoms with E-state index in [1.165, 1.54) is 0 Å². The van der Waals surface area contributed by atoms with Gasteiger partial charge in [-0.2, -0.15) is 3.94 Å². The van der Waals surface area contributed by atoms with E-state index in [0.29, 0.717) is 3.94 Å². The van der Waals surface area contributed by atoms with E-state index < -0.39 is 5.41 Å². The summed E-state index contributed by atoms with van der Waals surface area (Å²) >= 11 is 10.3. The van der Waals surface area contributed by atoms with Crippen molar-refractivity contribution >= 4 is 29.5 Å². The fourth-order valence-electron chi connectivity index (χ4n) is 0.254. The average Bonchev–Trinajstić information content (AvgIpc) is 1.62. The second-order valence-corrected chi connectivity index (χ2v) is 3.64. The van der Waals surface area contributed by atoms with Gasteiger partial charge < -0.3 is 0 Å². The van der Waals surface area contributed by atoms with E-state index in [9.17, 15) is 4.79 Å². The minimum Gasteiger partial charge on any atom is -0.272 e. The molecule has 0 aromatic carbocycles. The van der Waals surface area contributed by atoms with Crippen molar-refractivity contribution in [3.05, 3.63) is 0 Å². The molecule has 54 valence electrons. The van der Waals surface area contributed by atoms with Gasteiger partial charge >= 0.3 is 0 Å². The fraction of sp³-hybridized carbons (Fsp3) is 0.800. The summed E-state index contributed by atoms with van der Waals surface area (Å²) in [5.41, 5.74) is -0.497. The highest BCUT2D eigenvalue weighted by molar-refractivity contribution is 6.41. The molecule has 0 bridgehead atoms. The second kappa shape index (κ2) is 2.76. The Kier molecular flexibility index (Phi) is 2.77. The van der Waals surface area contributed by atoms with Crippen molar-refractivity contribution in [3.8, 4) is 0 Å². The van der Waals surface area contributed by atoms with Crippen molar-refractivity contribution in [2.24, 2.45) is 5.41 Å². The van der Waals surface area contributed by atoms with Crippen LogP contribution in [0.3, 0.4) is 0 Å². The maximum absolute atomic E-state index is 10.8. The molecule has 0 spiro atoms. The third kappa shape index (κ3) is 2.92. The first-order valence-electron chi connectivity index (χ1n) is 2.52. The summed E-state index contributed by atoms with van der Waals surface area (Å²) in [6, 6.07) is 0. The Bertz CT molecular complexity index is 117. The van der Waals surface area contributed by atoms with Crippen LogP contribution in [0.25, 0.3) is 0 Å². The molecule has 9 heavy (non-hydrogen) atoms. The van der Waals surface area contributed by atoms with E-state index in [2.05, 4.69) is 0 Å². The summed E-state index contributed by atoms with van der Waals surface area (Å²) in [5.74, 6) is -0.300. The van der Waals surface area contributed by atoms with Crippen molar-refractivity contribution in [1.29, 1.82) is 0 Å². The largest absolute Gasteiger partial charge is 0.272 e. The molecule has 0 unspecified atom stereocenters. The normalized spacial score (nSPS) is 11.2. The van der Waals surface area contributed by atoms with Crippen LogP contribution in [0.15, 0.2) is 0 Å². The summed E-state index contributed by atoms with van der Waals surface area (Å²) in [4.78, 5) is 10.8. The summed E-state index contributed by atoms with van der Waals surface area (Å²) in [7, 11) is 0. The number of hydrogen-bond acceptors (Lipinski definition) is 1. The average molecular weight is 170 g/mol. The van der Waals surface area contributed by atoms with Gasteiger partial charge in [-0.1, -0.05) is 20.8 Å². The number of amides is 1. The van der Waals surface area contributed by atoms with Gasteiger partial charge in [0.1, 0.15) is 0 Å². The molecule has 4 heteroatoms.